The molecule has 0 amide bonds. The summed E-state index contributed by atoms with van der Waals surface area (Å²) in [6.07, 6.45) is 0.665. The summed E-state index contributed by atoms with van der Waals surface area (Å²) in [5, 5.41) is 0.523. The first-order chi connectivity index (χ1) is 10.9. The minimum absolute atomic E-state index is 0.126. The summed E-state index contributed by atoms with van der Waals surface area (Å²) in [5.41, 5.74) is 0. The molecule has 9 heteroatoms. The Hall–Kier alpha value is -0.860. The van der Waals surface area contributed by atoms with Crippen molar-refractivity contribution in [1.29, 1.82) is 0 Å². The Labute approximate surface area is 145 Å². The highest BCUT2D eigenvalue weighted by molar-refractivity contribution is 7.89. The molecule has 0 saturated carbocycles. The third-order valence-corrected chi connectivity index (χ3v) is 6.78. The van der Waals surface area contributed by atoms with Gasteiger partial charge in [0.05, 0.1) is 21.5 Å². The molecular formula is C14H16Cl2N2O4S. The molecule has 2 aliphatic rings. The standard InChI is InChI=1S/C14H16Cl2N2O4S/c15-11-2-1-10(9-12(11)16)23(20,21)18-6-4-17(5-7-18)13-3-8-22-14(13)19/h1-2,9,13H,3-8H2/t13-/m1/s1. The maximum Gasteiger partial charge on any atom is 0.323 e. The third kappa shape index (κ3) is 3.34. The van der Waals surface area contributed by atoms with Crippen molar-refractivity contribution in [3.8, 4) is 0 Å². The Kier molecular flexibility index (Phi) is 4.85. The van der Waals surface area contributed by atoms with E-state index in [1.54, 1.807) is 0 Å². The normalized spacial score (nSPS) is 23.9. The predicted octanol–water partition coefficient (Wildman–Crippen LogP) is 1.62. The lowest BCUT2D eigenvalue weighted by Crippen LogP contribution is -2.52. The van der Waals surface area contributed by atoms with E-state index in [9.17, 15) is 13.2 Å². The number of rotatable bonds is 3. The van der Waals surface area contributed by atoms with Crippen molar-refractivity contribution >= 4 is 39.2 Å². The van der Waals surface area contributed by atoms with Crippen molar-refractivity contribution in [3.05, 3.63) is 28.2 Å². The fourth-order valence-corrected chi connectivity index (χ4v) is 4.67. The summed E-state index contributed by atoms with van der Waals surface area (Å²) in [6, 6.07) is 4.04. The molecule has 1 aromatic rings. The number of benzene rings is 1. The van der Waals surface area contributed by atoms with Crippen LogP contribution < -0.4 is 0 Å². The first-order valence-electron chi connectivity index (χ1n) is 7.25. The zero-order chi connectivity index (χ0) is 16.6. The lowest BCUT2D eigenvalue weighted by Gasteiger charge is -2.35. The number of halogens is 2. The first-order valence-corrected chi connectivity index (χ1v) is 9.45. The molecule has 2 aliphatic heterocycles. The average molecular weight is 379 g/mol. The highest BCUT2D eigenvalue weighted by Gasteiger charge is 2.36. The van der Waals surface area contributed by atoms with Crippen molar-refractivity contribution in [2.75, 3.05) is 32.8 Å². The summed E-state index contributed by atoms with van der Waals surface area (Å²) in [4.78, 5) is 13.7. The van der Waals surface area contributed by atoms with Gasteiger partial charge in [-0.2, -0.15) is 4.31 Å². The van der Waals surface area contributed by atoms with Crippen LogP contribution in [0.5, 0.6) is 0 Å². The van der Waals surface area contributed by atoms with E-state index in [2.05, 4.69) is 0 Å². The van der Waals surface area contributed by atoms with E-state index in [0.717, 1.165) is 0 Å². The van der Waals surface area contributed by atoms with E-state index in [1.807, 2.05) is 4.90 Å². The molecule has 0 spiro atoms. The summed E-state index contributed by atoms with van der Waals surface area (Å²) in [5.74, 6) is -0.217. The molecule has 1 atom stereocenters. The molecule has 126 valence electrons. The number of carbonyl (C=O) groups excluding carboxylic acids is 1. The molecule has 2 saturated heterocycles. The number of hydrogen-bond donors (Lipinski definition) is 0. The predicted molar refractivity (Wildman–Crippen MR) is 86.2 cm³/mol. The average Bonchev–Trinajstić information content (AvgIpc) is 2.96. The molecule has 0 bridgehead atoms. The van der Waals surface area contributed by atoms with Gasteiger partial charge in [-0.3, -0.25) is 9.69 Å². The highest BCUT2D eigenvalue weighted by atomic mass is 35.5. The number of hydrogen-bond acceptors (Lipinski definition) is 5. The minimum Gasteiger partial charge on any atom is -0.464 e. The van der Waals surface area contributed by atoms with Gasteiger partial charge in [-0.05, 0) is 18.2 Å². The molecule has 6 nitrogen and oxygen atoms in total. The van der Waals surface area contributed by atoms with Gasteiger partial charge in [0.2, 0.25) is 10.0 Å². The number of cyclic esters (lactones) is 1. The zero-order valence-corrected chi connectivity index (χ0v) is 14.6. The van der Waals surface area contributed by atoms with E-state index < -0.39 is 10.0 Å². The van der Waals surface area contributed by atoms with Crippen molar-refractivity contribution in [3.63, 3.8) is 0 Å². The maximum absolute atomic E-state index is 12.7. The molecule has 0 aromatic heterocycles. The summed E-state index contributed by atoms with van der Waals surface area (Å²) >= 11 is 11.7. The van der Waals surface area contributed by atoms with Crippen LogP contribution in [0.1, 0.15) is 6.42 Å². The molecule has 2 fully saturated rings. The number of piperazine rings is 1. The van der Waals surface area contributed by atoms with E-state index in [-0.39, 0.29) is 21.9 Å². The van der Waals surface area contributed by atoms with Gasteiger partial charge in [0.1, 0.15) is 6.04 Å². The third-order valence-electron chi connectivity index (χ3n) is 4.15. The molecular weight excluding hydrogens is 363 g/mol. The summed E-state index contributed by atoms with van der Waals surface area (Å²) in [6.45, 7) is 2.09. The van der Waals surface area contributed by atoms with Crippen molar-refractivity contribution in [2.45, 2.75) is 17.4 Å². The smallest absolute Gasteiger partial charge is 0.323 e. The van der Waals surface area contributed by atoms with Gasteiger partial charge < -0.3 is 4.74 Å². The van der Waals surface area contributed by atoms with E-state index in [0.29, 0.717) is 44.2 Å². The van der Waals surface area contributed by atoms with Crippen molar-refractivity contribution in [2.24, 2.45) is 0 Å². The van der Waals surface area contributed by atoms with Crippen LogP contribution in [-0.2, 0) is 19.6 Å². The van der Waals surface area contributed by atoms with Gasteiger partial charge in [0.15, 0.2) is 0 Å². The number of sulfonamides is 1. The molecule has 2 heterocycles. The van der Waals surface area contributed by atoms with Crippen LogP contribution in [0.4, 0.5) is 0 Å². The topological polar surface area (TPSA) is 66.9 Å². The fraction of sp³-hybridized carbons (Fsp3) is 0.500. The molecule has 0 aliphatic carbocycles. The second-order valence-corrected chi connectivity index (χ2v) is 8.24. The minimum atomic E-state index is -3.61. The molecule has 0 unspecified atom stereocenters. The summed E-state index contributed by atoms with van der Waals surface area (Å²) in [7, 11) is -3.61. The molecule has 0 radical (unpaired) electrons. The Balaban J connectivity index is 1.71. The van der Waals surface area contributed by atoms with Gasteiger partial charge in [-0.25, -0.2) is 8.42 Å². The largest absolute Gasteiger partial charge is 0.464 e. The molecule has 1 aromatic carbocycles. The van der Waals surface area contributed by atoms with Gasteiger partial charge in [-0.1, -0.05) is 23.2 Å². The van der Waals surface area contributed by atoms with Gasteiger partial charge in [-0.15, -0.1) is 0 Å². The first kappa shape index (κ1) is 17.0. The van der Waals surface area contributed by atoms with Crippen LogP contribution >= 0.6 is 23.2 Å². The Morgan fingerprint density at radius 3 is 2.35 bits per heavy atom. The van der Waals surface area contributed by atoms with Gasteiger partial charge in [0, 0.05) is 32.6 Å². The molecule has 0 N–H and O–H groups in total. The second-order valence-electron chi connectivity index (χ2n) is 5.49. The second kappa shape index (κ2) is 6.57. The summed E-state index contributed by atoms with van der Waals surface area (Å²) < 4.78 is 31.7. The van der Waals surface area contributed by atoms with Crippen LogP contribution in [-0.4, -0.2) is 62.4 Å². The van der Waals surface area contributed by atoms with Crippen LogP contribution in [0.25, 0.3) is 0 Å². The van der Waals surface area contributed by atoms with Crippen LogP contribution in [0.2, 0.25) is 10.0 Å². The van der Waals surface area contributed by atoms with Crippen LogP contribution in [0, 0.1) is 0 Å². The number of ether oxygens (including phenoxy) is 1. The zero-order valence-electron chi connectivity index (χ0n) is 12.2. The molecule has 23 heavy (non-hydrogen) atoms. The van der Waals surface area contributed by atoms with Gasteiger partial charge >= 0.3 is 5.97 Å². The Morgan fingerprint density at radius 2 is 1.78 bits per heavy atom. The van der Waals surface area contributed by atoms with E-state index in [1.165, 1.54) is 22.5 Å². The van der Waals surface area contributed by atoms with Gasteiger partial charge in [0.25, 0.3) is 0 Å². The Morgan fingerprint density at radius 1 is 1.09 bits per heavy atom. The number of esters is 1. The highest BCUT2D eigenvalue weighted by Crippen LogP contribution is 2.27. The molecule has 3 rings (SSSR count). The fourth-order valence-electron chi connectivity index (χ4n) is 2.86. The van der Waals surface area contributed by atoms with E-state index >= 15 is 0 Å². The SMILES string of the molecule is O=C1OCC[C@H]1N1CCN(S(=O)(=O)c2ccc(Cl)c(Cl)c2)CC1. The lowest BCUT2D eigenvalue weighted by atomic mass is 10.2. The maximum atomic E-state index is 12.7. The Bertz CT molecular complexity index is 717. The number of nitrogens with zero attached hydrogens (tertiary/aromatic N) is 2. The quantitative estimate of drug-likeness (QED) is 0.747. The number of carbonyl (C=O) groups is 1. The monoisotopic (exact) mass is 378 g/mol. The van der Waals surface area contributed by atoms with E-state index in [4.69, 9.17) is 27.9 Å². The van der Waals surface area contributed by atoms with Crippen molar-refractivity contribution in [1.82, 2.24) is 9.21 Å². The van der Waals surface area contributed by atoms with Crippen LogP contribution in [0.3, 0.4) is 0 Å². The van der Waals surface area contributed by atoms with Crippen LogP contribution in [0.15, 0.2) is 23.1 Å². The van der Waals surface area contributed by atoms with Crippen molar-refractivity contribution < 1.29 is 17.9 Å². The lowest BCUT2D eigenvalue weighted by molar-refractivity contribution is -0.142.